The number of nitrogens with zero attached hydrogens (tertiary/aromatic N) is 1. The minimum Gasteiger partial charge on any atom is -0.450 e. The normalized spacial score (nSPS) is 12.7. The van der Waals surface area contributed by atoms with Crippen molar-refractivity contribution in [2.24, 2.45) is 11.7 Å². The predicted octanol–water partition coefficient (Wildman–Crippen LogP) is 3.67. The first-order chi connectivity index (χ1) is 13.2. The van der Waals surface area contributed by atoms with Crippen LogP contribution in [0.1, 0.15) is 30.6 Å². The molecule has 148 valence electrons. The Labute approximate surface area is 166 Å². The fourth-order valence-corrected chi connectivity index (χ4v) is 2.64. The minimum atomic E-state index is -0.773. The molecule has 2 atom stereocenters. The van der Waals surface area contributed by atoms with Crippen LogP contribution in [-0.2, 0) is 4.79 Å². The van der Waals surface area contributed by atoms with Crippen molar-refractivity contribution in [3.63, 3.8) is 0 Å². The molecule has 0 aliphatic heterocycles. The molecule has 0 fully saturated rings. The molecule has 2 aromatic carbocycles. The molecular formula is C19H20ClN3O5. The lowest BCUT2D eigenvalue weighted by molar-refractivity contribution is -0.385. The third kappa shape index (κ3) is 5.20. The van der Waals surface area contributed by atoms with Crippen molar-refractivity contribution in [3.8, 4) is 11.5 Å². The van der Waals surface area contributed by atoms with Crippen LogP contribution in [0.15, 0.2) is 42.5 Å². The second-order valence-electron chi connectivity index (χ2n) is 6.23. The van der Waals surface area contributed by atoms with Gasteiger partial charge in [0.05, 0.1) is 4.92 Å². The Hall–Kier alpha value is -3.13. The molecule has 0 saturated carbocycles. The highest BCUT2D eigenvalue weighted by Gasteiger charge is 2.24. The second-order valence-corrected chi connectivity index (χ2v) is 6.67. The van der Waals surface area contributed by atoms with Gasteiger partial charge in [0.1, 0.15) is 11.8 Å². The van der Waals surface area contributed by atoms with Gasteiger partial charge in [0.2, 0.25) is 11.7 Å². The molecule has 2 rings (SSSR count). The highest BCUT2D eigenvalue weighted by Crippen LogP contribution is 2.33. The van der Waals surface area contributed by atoms with Gasteiger partial charge in [-0.15, -0.1) is 0 Å². The number of carbonyl (C=O) groups is 2. The summed E-state index contributed by atoms with van der Waals surface area (Å²) in [6.45, 7) is 3.72. The highest BCUT2D eigenvalue weighted by atomic mass is 35.5. The van der Waals surface area contributed by atoms with Gasteiger partial charge in [-0.3, -0.25) is 19.7 Å². The molecule has 2 unspecified atom stereocenters. The highest BCUT2D eigenvalue weighted by molar-refractivity contribution is 6.30. The average molecular weight is 406 g/mol. The fourth-order valence-electron chi connectivity index (χ4n) is 2.47. The van der Waals surface area contributed by atoms with Crippen molar-refractivity contribution in [3.05, 3.63) is 63.2 Å². The summed E-state index contributed by atoms with van der Waals surface area (Å²) in [6.07, 6.45) is 0.681. The van der Waals surface area contributed by atoms with Crippen LogP contribution >= 0.6 is 11.6 Å². The van der Waals surface area contributed by atoms with Crippen LogP contribution in [0.4, 0.5) is 5.69 Å². The van der Waals surface area contributed by atoms with Crippen LogP contribution < -0.4 is 15.8 Å². The fraction of sp³-hybridized carbons (Fsp3) is 0.263. The van der Waals surface area contributed by atoms with E-state index in [0.29, 0.717) is 17.7 Å². The van der Waals surface area contributed by atoms with E-state index in [-0.39, 0.29) is 22.4 Å². The Morgan fingerprint density at radius 3 is 2.43 bits per heavy atom. The molecule has 0 radical (unpaired) electrons. The Kier molecular flexibility index (Phi) is 6.94. The van der Waals surface area contributed by atoms with E-state index < -0.39 is 22.8 Å². The molecule has 0 aliphatic rings. The molecule has 8 nitrogen and oxygen atoms in total. The molecule has 2 amide bonds. The number of nitrogens with two attached hydrogens (primary N) is 1. The summed E-state index contributed by atoms with van der Waals surface area (Å²) in [5.74, 6) is -0.826. The van der Waals surface area contributed by atoms with Gasteiger partial charge < -0.3 is 15.8 Å². The Balaban J connectivity index is 2.14. The number of nitro groups is 1. The number of nitro benzene ring substituents is 1. The third-order valence-corrected chi connectivity index (χ3v) is 4.50. The summed E-state index contributed by atoms with van der Waals surface area (Å²) in [4.78, 5) is 34.5. The van der Waals surface area contributed by atoms with Crippen LogP contribution in [0.25, 0.3) is 0 Å². The van der Waals surface area contributed by atoms with E-state index in [9.17, 15) is 19.7 Å². The van der Waals surface area contributed by atoms with E-state index in [0.717, 1.165) is 0 Å². The van der Waals surface area contributed by atoms with Gasteiger partial charge >= 0.3 is 5.69 Å². The van der Waals surface area contributed by atoms with Gasteiger partial charge in [-0.05, 0) is 42.3 Å². The van der Waals surface area contributed by atoms with Gasteiger partial charge in [-0.1, -0.05) is 31.9 Å². The molecule has 0 heterocycles. The van der Waals surface area contributed by atoms with Crippen LogP contribution in [0.5, 0.6) is 11.5 Å². The first-order valence-electron chi connectivity index (χ1n) is 8.55. The van der Waals surface area contributed by atoms with E-state index >= 15 is 0 Å². The van der Waals surface area contributed by atoms with Crippen LogP contribution in [0, 0.1) is 16.0 Å². The van der Waals surface area contributed by atoms with E-state index in [4.69, 9.17) is 22.1 Å². The van der Waals surface area contributed by atoms with Crippen LogP contribution in [-0.4, -0.2) is 22.8 Å². The number of hydrogen-bond donors (Lipinski definition) is 2. The second kappa shape index (κ2) is 9.18. The van der Waals surface area contributed by atoms with Gasteiger partial charge in [0, 0.05) is 16.7 Å². The number of amides is 2. The lowest BCUT2D eigenvalue weighted by atomic mass is 9.98. The van der Waals surface area contributed by atoms with Gasteiger partial charge in [0.25, 0.3) is 5.91 Å². The van der Waals surface area contributed by atoms with Crippen molar-refractivity contribution < 1.29 is 19.2 Å². The van der Waals surface area contributed by atoms with Crippen molar-refractivity contribution in [2.75, 3.05) is 0 Å². The van der Waals surface area contributed by atoms with Crippen molar-refractivity contribution >= 4 is 29.1 Å². The van der Waals surface area contributed by atoms with Crippen LogP contribution in [0.3, 0.4) is 0 Å². The summed E-state index contributed by atoms with van der Waals surface area (Å²) in [6, 6.07) is 9.26. The zero-order chi connectivity index (χ0) is 20.8. The Bertz CT molecular complexity index is 886. The SMILES string of the molecule is CCC(C)C(NC(=O)c1ccc(Oc2ccc(Cl)cc2[N+](=O)[O-])cc1)C(N)=O. The molecule has 9 heteroatoms. The van der Waals surface area contributed by atoms with E-state index in [1.165, 1.54) is 42.5 Å². The first kappa shape index (κ1) is 21.2. The van der Waals surface area contributed by atoms with E-state index in [1.807, 2.05) is 13.8 Å². The molecule has 0 aliphatic carbocycles. The average Bonchev–Trinajstić information content (AvgIpc) is 2.66. The number of benzene rings is 2. The van der Waals surface area contributed by atoms with Gasteiger partial charge in [-0.25, -0.2) is 0 Å². The Morgan fingerprint density at radius 1 is 1.25 bits per heavy atom. The van der Waals surface area contributed by atoms with Crippen molar-refractivity contribution in [1.29, 1.82) is 0 Å². The van der Waals surface area contributed by atoms with Gasteiger partial charge in [0.15, 0.2) is 0 Å². The molecule has 0 bridgehead atoms. The van der Waals surface area contributed by atoms with Crippen molar-refractivity contribution in [2.45, 2.75) is 26.3 Å². The van der Waals surface area contributed by atoms with E-state index in [1.54, 1.807) is 0 Å². The molecule has 28 heavy (non-hydrogen) atoms. The maximum Gasteiger partial charge on any atom is 0.313 e. The van der Waals surface area contributed by atoms with E-state index in [2.05, 4.69) is 5.32 Å². The summed E-state index contributed by atoms with van der Waals surface area (Å²) in [7, 11) is 0. The van der Waals surface area contributed by atoms with Crippen molar-refractivity contribution in [1.82, 2.24) is 5.32 Å². The third-order valence-electron chi connectivity index (χ3n) is 4.27. The molecular weight excluding hydrogens is 386 g/mol. The summed E-state index contributed by atoms with van der Waals surface area (Å²) < 4.78 is 5.53. The first-order valence-corrected chi connectivity index (χ1v) is 8.92. The number of nitrogens with one attached hydrogen (secondary N) is 1. The zero-order valence-electron chi connectivity index (χ0n) is 15.3. The Morgan fingerprint density at radius 2 is 1.89 bits per heavy atom. The number of rotatable bonds is 8. The maximum absolute atomic E-state index is 12.4. The smallest absolute Gasteiger partial charge is 0.313 e. The largest absolute Gasteiger partial charge is 0.450 e. The molecule has 2 aromatic rings. The molecule has 0 spiro atoms. The number of hydrogen-bond acceptors (Lipinski definition) is 5. The standard InChI is InChI=1S/C19H20ClN3O5/c1-3-11(2)17(18(21)24)22-19(25)12-4-7-14(8-5-12)28-16-9-6-13(20)10-15(16)23(26)27/h4-11,17H,3H2,1-2H3,(H2,21,24)(H,22,25). The summed E-state index contributed by atoms with van der Waals surface area (Å²) in [5, 5.41) is 14.0. The monoisotopic (exact) mass is 405 g/mol. The predicted molar refractivity (Wildman–Crippen MR) is 105 cm³/mol. The molecule has 0 aromatic heterocycles. The zero-order valence-corrected chi connectivity index (χ0v) is 16.1. The maximum atomic E-state index is 12.4. The number of primary amides is 1. The van der Waals surface area contributed by atoms with Gasteiger partial charge in [-0.2, -0.15) is 0 Å². The molecule has 0 saturated heterocycles. The lowest BCUT2D eigenvalue weighted by Crippen LogP contribution is -2.48. The quantitative estimate of drug-likeness (QED) is 0.512. The number of carbonyl (C=O) groups excluding carboxylic acids is 2. The van der Waals surface area contributed by atoms with Crippen LogP contribution in [0.2, 0.25) is 5.02 Å². The summed E-state index contributed by atoms with van der Waals surface area (Å²) >= 11 is 5.78. The lowest BCUT2D eigenvalue weighted by Gasteiger charge is -2.21. The minimum absolute atomic E-state index is 0.0252. The topological polar surface area (TPSA) is 125 Å². The molecule has 3 N–H and O–H groups in total. The summed E-state index contributed by atoms with van der Waals surface area (Å²) in [5.41, 5.74) is 5.39. The number of ether oxygens (including phenoxy) is 1. The number of halogens is 1.